The summed E-state index contributed by atoms with van der Waals surface area (Å²) < 4.78 is 66.0. The quantitative estimate of drug-likeness (QED) is 0.0252. The second-order valence-electron chi connectivity index (χ2n) is 11.6. The van der Waals surface area contributed by atoms with Gasteiger partial charge in [0.2, 0.25) is 0 Å². The molecule has 62 heavy (non-hydrogen) atoms. The first kappa shape index (κ1) is 55.9. The van der Waals surface area contributed by atoms with Crippen LogP contribution in [0.4, 0.5) is 34.1 Å². The Labute approximate surface area is 425 Å². The molecule has 0 bridgehead atoms. The smallest absolute Gasteiger partial charge is 0.866 e. The minimum atomic E-state index is -4.85. The van der Waals surface area contributed by atoms with Crippen molar-refractivity contribution in [3.8, 4) is 22.9 Å². The number of H-pyrrole nitrogens is 2. The predicted octanol–water partition coefficient (Wildman–Crippen LogP) is -4.39. The van der Waals surface area contributed by atoms with E-state index in [4.69, 9.17) is 9.66 Å². The minimum absolute atomic E-state index is 0. The zero-order chi connectivity index (χ0) is 42.7. The summed E-state index contributed by atoms with van der Waals surface area (Å²) >= 11 is 0. The number of nitro groups is 2. The van der Waals surface area contributed by atoms with Crippen molar-refractivity contribution < 1.29 is 152 Å². The third-order valence-electron chi connectivity index (χ3n) is 7.71. The van der Waals surface area contributed by atoms with Gasteiger partial charge in [-0.2, -0.15) is 21.9 Å². The molecule has 0 atom stereocenters. The molecule has 0 unspecified atom stereocenters. The van der Waals surface area contributed by atoms with E-state index in [1.807, 2.05) is 0 Å². The number of aromatic nitrogens is 4. The van der Waals surface area contributed by atoms with Gasteiger partial charge in [-0.15, -0.1) is 15.3 Å². The largest absolute Gasteiger partial charge is 1.00 e. The van der Waals surface area contributed by atoms with Crippen molar-refractivity contribution in [3.63, 3.8) is 0 Å². The molecule has 6 N–H and O–H groups in total. The fourth-order valence-corrected chi connectivity index (χ4v) is 5.97. The summed E-state index contributed by atoms with van der Waals surface area (Å²) in [6.45, 7) is 3.07. The van der Waals surface area contributed by atoms with Crippen LogP contribution in [0.2, 0.25) is 0 Å². The first-order chi connectivity index (χ1) is 27.2. The zero-order valence-corrected chi connectivity index (χ0v) is 41.7. The van der Waals surface area contributed by atoms with Gasteiger partial charge in [-0.05, 0) is 50.2 Å². The topological polar surface area (TPSA) is 366 Å². The standard InChI is InChI=1S/2C16H13N5O7S.Cr.3Na/c2*1-9-14(16(23)20(19-9)10-5-3-2-4-6-10)18-17-12-7-11(29(26,27)28)8-13(15(12)22)21(24)25;;;;/h2*2-8,19,22H,1H3,(H,26,27,28);;;;/q;;;3*+1. The van der Waals surface area contributed by atoms with Gasteiger partial charge in [0.15, 0.2) is 17.1 Å². The summed E-state index contributed by atoms with van der Waals surface area (Å²) in [4.78, 5) is 43.4. The molecule has 2 heterocycles. The van der Waals surface area contributed by atoms with E-state index in [1.165, 1.54) is 16.3 Å². The molecule has 0 saturated carbocycles. The molecule has 0 fully saturated rings. The number of rotatable bonds is 10. The van der Waals surface area contributed by atoms with Crippen molar-refractivity contribution >= 4 is 54.4 Å². The van der Waals surface area contributed by atoms with Gasteiger partial charge in [0.05, 0.1) is 38.3 Å². The van der Waals surface area contributed by atoms with Crippen LogP contribution in [0.1, 0.15) is 11.4 Å². The van der Waals surface area contributed by atoms with Crippen molar-refractivity contribution in [1.29, 1.82) is 0 Å². The first-order valence-corrected chi connectivity index (χ1v) is 18.6. The Balaban J connectivity index is 0.000000582. The summed E-state index contributed by atoms with van der Waals surface area (Å²) in [6.07, 6.45) is 0. The van der Waals surface area contributed by atoms with E-state index in [2.05, 4.69) is 30.7 Å². The monoisotopic (exact) mass is 959 g/mol. The van der Waals surface area contributed by atoms with Crippen molar-refractivity contribution in [2.24, 2.45) is 20.5 Å². The maximum atomic E-state index is 12.6. The van der Waals surface area contributed by atoms with Gasteiger partial charge in [-0.1, -0.05) is 36.4 Å². The van der Waals surface area contributed by atoms with Crippen LogP contribution in [-0.4, -0.2) is 60.5 Å². The van der Waals surface area contributed by atoms with Gasteiger partial charge in [0.25, 0.3) is 37.0 Å². The average molecular weight is 960 g/mol. The molecule has 306 valence electrons. The summed E-state index contributed by atoms with van der Waals surface area (Å²) in [6, 6.07) is 19.4. The molecule has 2 aromatic heterocycles. The Morgan fingerprint density at radius 3 is 1.35 bits per heavy atom. The number of hydrogen-bond donors (Lipinski definition) is 4. The first-order valence-electron chi connectivity index (χ1n) is 15.7. The number of aromatic amines is 2. The van der Waals surface area contributed by atoms with Crippen LogP contribution in [0.15, 0.2) is 125 Å². The average Bonchev–Trinajstić information content (AvgIpc) is 3.61. The molecule has 0 aliphatic heterocycles. The summed E-state index contributed by atoms with van der Waals surface area (Å²) in [5, 5.41) is 62.2. The second-order valence-corrected chi connectivity index (χ2v) is 14.5. The maximum Gasteiger partial charge on any atom is 1.00 e. The van der Waals surface area contributed by atoms with Gasteiger partial charge in [0.1, 0.15) is 9.79 Å². The van der Waals surface area contributed by atoms with Crippen LogP contribution in [0, 0.1) is 34.1 Å². The third-order valence-corrected chi connectivity index (χ3v) is 9.37. The molecule has 0 spiro atoms. The molecule has 6 rings (SSSR count). The Hall–Kier alpha value is -4.15. The number of benzene rings is 4. The molecular weight excluding hydrogens is 934 g/mol. The van der Waals surface area contributed by atoms with Gasteiger partial charge >= 0.3 is 100 Å². The fraction of sp³-hybridized carbons (Fsp3) is 0.0625. The third kappa shape index (κ3) is 13.0. The summed E-state index contributed by atoms with van der Waals surface area (Å²) in [5.41, 5.74) is -3.05. The van der Waals surface area contributed by atoms with E-state index >= 15 is 0 Å². The normalized spacial score (nSPS) is 11.0. The van der Waals surface area contributed by atoms with Crippen LogP contribution in [0.3, 0.4) is 0 Å². The number of hydrogen-bond acceptors (Lipinski definition) is 15. The summed E-state index contributed by atoms with van der Waals surface area (Å²) in [5.74, 6) is -1.94. The Morgan fingerprint density at radius 1 is 0.629 bits per heavy atom. The second kappa shape index (κ2) is 23.0. The molecule has 0 aliphatic rings. The molecule has 6 aromatic rings. The zero-order valence-electron chi connectivity index (χ0n) is 32.8. The number of nitro benzene ring substituents is 2. The number of nitrogens with one attached hydrogen (secondary N) is 2. The van der Waals surface area contributed by atoms with Gasteiger partial charge in [-0.25, -0.2) is 9.36 Å². The van der Waals surface area contributed by atoms with Crippen LogP contribution in [0.25, 0.3) is 11.4 Å². The molecular formula is C32H26CrN10Na3O14S2+3. The van der Waals surface area contributed by atoms with E-state index in [9.17, 15) is 56.3 Å². The molecule has 0 saturated heterocycles. The van der Waals surface area contributed by atoms with E-state index < -0.39 is 85.2 Å². The number of para-hydroxylation sites is 2. The minimum Gasteiger partial charge on any atom is -0.866 e. The van der Waals surface area contributed by atoms with Gasteiger partial charge in [0, 0.05) is 35.2 Å². The van der Waals surface area contributed by atoms with Crippen LogP contribution in [0.5, 0.6) is 11.5 Å². The summed E-state index contributed by atoms with van der Waals surface area (Å²) in [7, 11) is -9.64. The Morgan fingerprint density at radius 2 is 0.984 bits per heavy atom. The van der Waals surface area contributed by atoms with Gasteiger partial charge < -0.3 is 10.2 Å². The van der Waals surface area contributed by atoms with Gasteiger partial charge in [-0.3, -0.25) is 49.1 Å². The predicted molar refractivity (Wildman–Crippen MR) is 199 cm³/mol. The van der Waals surface area contributed by atoms with E-state index in [0.717, 1.165) is 6.07 Å². The fourth-order valence-electron chi connectivity index (χ4n) is 4.93. The number of azo groups is 2. The Kier molecular flexibility index (Phi) is 20.7. The van der Waals surface area contributed by atoms with Crippen LogP contribution < -0.4 is 105 Å². The molecule has 0 aliphatic carbocycles. The Bertz CT molecular complexity index is 2810. The van der Waals surface area contributed by atoms with E-state index in [0.29, 0.717) is 35.3 Å². The molecule has 24 nitrogen and oxygen atoms in total. The molecule has 4 aromatic carbocycles. The SMILES string of the molecule is Cc1[nH]n(-c2ccccc2)c(=O)c1N=Nc1cc(S(=O)(=O)O)cc([N+](=O)[O-])c1[O-].Cc1[nH]n(-c2ccccc2)c(=O)c1N=Nc1cc(S(=O)(=O)O)cc([N+](=O)[O-])c1[OH2+].[Cr].[Na+].[Na+].[Na+]. The van der Waals surface area contributed by atoms with Crippen molar-refractivity contribution in [2.45, 2.75) is 23.6 Å². The van der Waals surface area contributed by atoms with Crippen molar-refractivity contribution in [3.05, 3.63) is 137 Å². The van der Waals surface area contributed by atoms with E-state index in [-0.39, 0.29) is 123 Å². The van der Waals surface area contributed by atoms with Crippen LogP contribution >= 0.6 is 0 Å². The van der Waals surface area contributed by atoms with Crippen LogP contribution in [-0.2, 0) is 37.6 Å². The molecule has 0 amide bonds. The van der Waals surface area contributed by atoms with Crippen molar-refractivity contribution in [1.82, 2.24) is 19.6 Å². The van der Waals surface area contributed by atoms with E-state index in [1.54, 1.807) is 67.6 Å². The number of nitrogens with zero attached hydrogens (tertiary/aromatic N) is 8. The molecule has 30 heteroatoms. The van der Waals surface area contributed by atoms with Crippen molar-refractivity contribution in [2.75, 3.05) is 0 Å². The number of aryl methyl sites for hydroxylation is 2. The maximum absolute atomic E-state index is 12.6. The molecule has 0 radical (unpaired) electrons.